The molecular formula is C26H29NO4. The van der Waals surface area contributed by atoms with Gasteiger partial charge < -0.3 is 14.6 Å². The second kappa shape index (κ2) is 10.6. The number of rotatable bonds is 10. The molecule has 0 bridgehead atoms. The van der Waals surface area contributed by atoms with Crippen LogP contribution in [-0.2, 0) is 24.2 Å². The Balaban J connectivity index is 1.78. The van der Waals surface area contributed by atoms with Gasteiger partial charge in [-0.2, -0.15) is 0 Å². The molecular weight excluding hydrogens is 390 g/mol. The lowest BCUT2D eigenvalue weighted by atomic mass is 9.97. The smallest absolute Gasteiger partial charge is 0.303 e. The van der Waals surface area contributed by atoms with E-state index in [0.717, 1.165) is 45.9 Å². The number of aryl methyl sites for hydroxylation is 1. The van der Waals surface area contributed by atoms with Crippen LogP contribution in [0.2, 0.25) is 0 Å². The second-order valence-electron chi connectivity index (χ2n) is 8.01. The van der Waals surface area contributed by atoms with E-state index in [0.29, 0.717) is 18.9 Å². The van der Waals surface area contributed by atoms with E-state index in [4.69, 9.17) is 19.6 Å². The topological polar surface area (TPSA) is 68.7 Å². The summed E-state index contributed by atoms with van der Waals surface area (Å²) in [6.45, 7) is 4.78. The Hall–Kier alpha value is -3.34. The minimum atomic E-state index is -0.790. The quantitative estimate of drug-likeness (QED) is 0.466. The maximum Gasteiger partial charge on any atom is 0.303 e. The first-order valence-corrected chi connectivity index (χ1v) is 10.5. The van der Waals surface area contributed by atoms with Gasteiger partial charge in [-0.05, 0) is 53.6 Å². The van der Waals surface area contributed by atoms with Crippen LogP contribution < -0.4 is 9.47 Å². The van der Waals surface area contributed by atoms with E-state index >= 15 is 0 Å². The summed E-state index contributed by atoms with van der Waals surface area (Å²) in [6, 6.07) is 17.9. The maximum atomic E-state index is 10.8. The molecule has 0 aliphatic carbocycles. The summed E-state index contributed by atoms with van der Waals surface area (Å²) in [5.41, 5.74) is 5.10. The van der Waals surface area contributed by atoms with Crippen LogP contribution in [0.1, 0.15) is 37.0 Å². The third-order valence-corrected chi connectivity index (χ3v) is 4.94. The van der Waals surface area contributed by atoms with Crippen molar-refractivity contribution in [3.8, 4) is 22.8 Å². The molecule has 1 heterocycles. The second-order valence-corrected chi connectivity index (χ2v) is 8.01. The third kappa shape index (κ3) is 6.57. The standard InChI is InChI=1S/C26H29NO4/c1-18(2)12-22-15-24(16-27-26(22)21-8-5-9-23(14-21)30-3)31-17-20-7-4-6-19(13-20)10-11-25(28)29/h4-9,13-16,18H,10-12,17H2,1-3H3,(H,28,29). The van der Waals surface area contributed by atoms with Crippen LogP contribution in [0.3, 0.4) is 0 Å². The molecule has 162 valence electrons. The van der Waals surface area contributed by atoms with Gasteiger partial charge >= 0.3 is 5.97 Å². The van der Waals surface area contributed by atoms with Crippen LogP contribution in [0.5, 0.6) is 11.5 Å². The molecule has 3 rings (SSSR count). The molecule has 0 fully saturated rings. The molecule has 0 unspecified atom stereocenters. The van der Waals surface area contributed by atoms with Gasteiger partial charge in [0.25, 0.3) is 0 Å². The SMILES string of the molecule is COc1cccc(-c2ncc(OCc3cccc(CCC(=O)O)c3)cc2CC(C)C)c1. The van der Waals surface area contributed by atoms with Crippen LogP contribution in [0.4, 0.5) is 0 Å². The Kier molecular flexibility index (Phi) is 7.65. The van der Waals surface area contributed by atoms with Gasteiger partial charge in [0.1, 0.15) is 18.1 Å². The largest absolute Gasteiger partial charge is 0.497 e. The zero-order valence-corrected chi connectivity index (χ0v) is 18.3. The highest BCUT2D eigenvalue weighted by Gasteiger charge is 2.12. The molecule has 3 aromatic rings. The van der Waals surface area contributed by atoms with Gasteiger partial charge in [0.15, 0.2) is 0 Å². The zero-order valence-electron chi connectivity index (χ0n) is 18.3. The van der Waals surface area contributed by atoms with Crippen LogP contribution >= 0.6 is 0 Å². The zero-order chi connectivity index (χ0) is 22.2. The Morgan fingerprint density at radius 1 is 1.03 bits per heavy atom. The minimum absolute atomic E-state index is 0.124. The summed E-state index contributed by atoms with van der Waals surface area (Å²) in [7, 11) is 1.66. The van der Waals surface area contributed by atoms with Gasteiger partial charge in [0.05, 0.1) is 19.0 Å². The number of carboxylic acids is 1. The fourth-order valence-electron chi connectivity index (χ4n) is 3.49. The molecule has 31 heavy (non-hydrogen) atoms. The van der Waals surface area contributed by atoms with Crippen LogP contribution in [-0.4, -0.2) is 23.2 Å². The number of benzene rings is 2. The number of aliphatic carboxylic acids is 1. The van der Waals surface area contributed by atoms with E-state index in [1.807, 2.05) is 48.5 Å². The number of hydrogen-bond acceptors (Lipinski definition) is 4. The fourth-order valence-corrected chi connectivity index (χ4v) is 3.49. The number of aromatic nitrogens is 1. The van der Waals surface area contributed by atoms with E-state index in [9.17, 15) is 4.79 Å². The first-order chi connectivity index (χ1) is 14.9. The van der Waals surface area contributed by atoms with Gasteiger partial charge in [0, 0.05) is 12.0 Å². The molecule has 0 atom stereocenters. The molecule has 1 N–H and O–H groups in total. The van der Waals surface area contributed by atoms with Crippen molar-refractivity contribution in [2.24, 2.45) is 5.92 Å². The van der Waals surface area contributed by atoms with E-state index in [1.165, 1.54) is 0 Å². The average Bonchev–Trinajstić information content (AvgIpc) is 2.76. The van der Waals surface area contributed by atoms with Gasteiger partial charge in [-0.15, -0.1) is 0 Å². The summed E-state index contributed by atoms with van der Waals surface area (Å²) in [4.78, 5) is 15.5. The van der Waals surface area contributed by atoms with Gasteiger partial charge in [0.2, 0.25) is 0 Å². The highest BCUT2D eigenvalue weighted by Crippen LogP contribution is 2.29. The average molecular weight is 420 g/mol. The molecule has 0 aliphatic rings. The van der Waals surface area contributed by atoms with Crippen LogP contribution in [0.25, 0.3) is 11.3 Å². The fraction of sp³-hybridized carbons (Fsp3) is 0.308. The summed E-state index contributed by atoms with van der Waals surface area (Å²) in [5, 5.41) is 8.88. The van der Waals surface area contributed by atoms with Crippen molar-refractivity contribution >= 4 is 5.97 Å². The Morgan fingerprint density at radius 2 is 1.81 bits per heavy atom. The number of methoxy groups -OCH3 is 1. The lowest BCUT2D eigenvalue weighted by Crippen LogP contribution is -2.03. The maximum absolute atomic E-state index is 10.8. The van der Waals surface area contributed by atoms with Crippen molar-refractivity contribution in [2.45, 2.75) is 39.7 Å². The number of carbonyl (C=O) groups is 1. The molecule has 0 radical (unpaired) electrons. The summed E-state index contributed by atoms with van der Waals surface area (Å²) >= 11 is 0. The molecule has 0 aliphatic heterocycles. The van der Waals surface area contributed by atoms with Crippen molar-refractivity contribution in [3.63, 3.8) is 0 Å². The summed E-state index contributed by atoms with van der Waals surface area (Å²) < 4.78 is 11.4. The molecule has 5 nitrogen and oxygen atoms in total. The predicted octanol–water partition coefficient (Wildman–Crippen LogP) is 5.55. The van der Waals surface area contributed by atoms with Crippen molar-refractivity contribution in [2.75, 3.05) is 7.11 Å². The first-order valence-electron chi connectivity index (χ1n) is 10.5. The van der Waals surface area contributed by atoms with Crippen molar-refractivity contribution in [1.82, 2.24) is 4.98 Å². The molecule has 0 saturated carbocycles. The van der Waals surface area contributed by atoms with Crippen molar-refractivity contribution in [1.29, 1.82) is 0 Å². The van der Waals surface area contributed by atoms with Crippen molar-refractivity contribution < 1.29 is 19.4 Å². The van der Waals surface area contributed by atoms with Gasteiger partial charge in [-0.25, -0.2) is 0 Å². The molecule has 2 aromatic carbocycles. The van der Waals surface area contributed by atoms with E-state index < -0.39 is 5.97 Å². The van der Waals surface area contributed by atoms with Gasteiger partial charge in [-0.3, -0.25) is 9.78 Å². The molecule has 0 amide bonds. The lowest BCUT2D eigenvalue weighted by molar-refractivity contribution is -0.136. The lowest BCUT2D eigenvalue weighted by Gasteiger charge is -2.14. The van der Waals surface area contributed by atoms with Crippen molar-refractivity contribution in [3.05, 3.63) is 77.5 Å². The monoisotopic (exact) mass is 419 g/mol. The predicted molar refractivity (Wildman–Crippen MR) is 121 cm³/mol. The number of nitrogens with zero attached hydrogens (tertiary/aromatic N) is 1. The first kappa shape index (κ1) is 22.3. The molecule has 1 aromatic heterocycles. The molecule has 0 spiro atoms. The Morgan fingerprint density at radius 3 is 2.55 bits per heavy atom. The third-order valence-electron chi connectivity index (χ3n) is 4.94. The van der Waals surface area contributed by atoms with Gasteiger partial charge in [-0.1, -0.05) is 50.2 Å². The van der Waals surface area contributed by atoms with Crippen LogP contribution in [0.15, 0.2) is 60.8 Å². The minimum Gasteiger partial charge on any atom is -0.497 e. The summed E-state index contributed by atoms with van der Waals surface area (Å²) in [6.07, 6.45) is 3.28. The number of hydrogen-bond donors (Lipinski definition) is 1. The number of carboxylic acid groups (broad SMARTS) is 1. The highest BCUT2D eigenvalue weighted by molar-refractivity contribution is 5.67. The number of pyridine rings is 1. The van der Waals surface area contributed by atoms with E-state index in [2.05, 4.69) is 19.9 Å². The Labute approximate surface area is 183 Å². The van der Waals surface area contributed by atoms with E-state index in [1.54, 1.807) is 13.3 Å². The van der Waals surface area contributed by atoms with E-state index in [-0.39, 0.29) is 6.42 Å². The normalized spacial score (nSPS) is 10.8. The van der Waals surface area contributed by atoms with Crippen LogP contribution in [0, 0.1) is 5.92 Å². The molecule has 5 heteroatoms. The Bertz CT molecular complexity index is 1030. The molecule has 0 saturated heterocycles. The summed E-state index contributed by atoms with van der Waals surface area (Å²) in [5.74, 6) is 1.21. The number of ether oxygens (including phenoxy) is 2. The highest BCUT2D eigenvalue weighted by atomic mass is 16.5.